The van der Waals surface area contributed by atoms with E-state index >= 15 is 0 Å². The molecule has 0 bridgehead atoms. The zero-order valence-corrected chi connectivity index (χ0v) is 11.7. The number of carbonyl (C=O) groups is 2. The van der Waals surface area contributed by atoms with Gasteiger partial charge in [-0.25, -0.2) is 0 Å². The Morgan fingerprint density at radius 2 is 2.00 bits per heavy atom. The highest BCUT2D eigenvalue weighted by Crippen LogP contribution is 2.26. The fraction of sp³-hybridized carbons (Fsp3) is 0.467. The van der Waals surface area contributed by atoms with Crippen molar-refractivity contribution in [1.29, 1.82) is 0 Å². The average molecular weight is 263 g/mol. The molecule has 1 amide bonds. The topological polar surface area (TPSA) is 55.4 Å². The molecule has 1 rings (SSSR count). The number of amides is 1. The van der Waals surface area contributed by atoms with Crippen molar-refractivity contribution in [1.82, 2.24) is 0 Å². The van der Waals surface area contributed by atoms with E-state index in [0.717, 1.165) is 19.1 Å². The van der Waals surface area contributed by atoms with Gasteiger partial charge in [0.15, 0.2) is 0 Å². The van der Waals surface area contributed by atoms with Gasteiger partial charge in [-0.1, -0.05) is 13.8 Å². The Kier molecular flexibility index (Phi) is 6.06. The minimum absolute atomic E-state index is 0.0191. The van der Waals surface area contributed by atoms with E-state index in [9.17, 15) is 9.59 Å². The normalized spacial score (nSPS) is 10.3. The smallest absolute Gasteiger partial charge is 0.227 e. The molecule has 1 aromatic rings. The molecular weight excluding hydrogens is 242 g/mol. The van der Waals surface area contributed by atoms with Gasteiger partial charge in [-0.3, -0.25) is 9.59 Å². The second-order valence-electron chi connectivity index (χ2n) is 4.31. The Labute approximate surface area is 114 Å². The van der Waals surface area contributed by atoms with Crippen molar-refractivity contribution in [3.63, 3.8) is 0 Å². The number of anilines is 1. The average Bonchev–Trinajstić information content (AvgIpc) is 2.42. The third-order valence-electron chi connectivity index (χ3n) is 3.05. The van der Waals surface area contributed by atoms with Crippen LogP contribution in [0.3, 0.4) is 0 Å². The third kappa shape index (κ3) is 4.09. The van der Waals surface area contributed by atoms with Gasteiger partial charge in [0.25, 0.3) is 0 Å². The second kappa shape index (κ2) is 7.56. The minimum atomic E-state index is -0.0333. The molecule has 1 N–H and O–H groups in total. The van der Waals surface area contributed by atoms with Gasteiger partial charge in [0.1, 0.15) is 12.0 Å². The van der Waals surface area contributed by atoms with Crippen molar-refractivity contribution in [2.75, 3.05) is 11.9 Å². The predicted octanol–water partition coefficient (Wildman–Crippen LogP) is 3.27. The van der Waals surface area contributed by atoms with E-state index in [1.54, 1.807) is 18.2 Å². The SMILES string of the molecule is CCOc1ccc(C=O)cc1NC(=O)C(CC)CC. The Morgan fingerprint density at radius 3 is 2.53 bits per heavy atom. The molecule has 19 heavy (non-hydrogen) atoms. The molecule has 0 fully saturated rings. The Balaban J connectivity index is 2.96. The number of rotatable bonds is 7. The summed E-state index contributed by atoms with van der Waals surface area (Å²) in [6.45, 7) is 6.35. The molecule has 0 saturated heterocycles. The lowest BCUT2D eigenvalue weighted by molar-refractivity contribution is -0.120. The minimum Gasteiger partial charge on any atom is -0.492 e. The molecule has 0 aliphatic rings. The summed E-state index contributed by atoms with van der Waals surface area (Å²) in [5, 5.41) is 2.85. The Bertz CT molecular complexity index is 439. The lowest BCUT2D eigenvalue weighted by Gasteiger charge is -2.16. The van der Waals surface area contributed by atoms with Gasteiger partial charge in [0.2, 0.25) is 5.91 Å². The van der Waals surface area contributed by atoms with Gasteiger partial charge >= 0.3 is 0 Å². The molecule has 0 atom stereocenters. The van der Waals surface area contributed by atoms with Crippen LogP contribution in [0.5, 0.6) is 5.75 Å². The molecule has 0 spiro atoms. The monoisotopic (exact) mass is 263 g/mol. The van der Waals surface area contributed by atoms with E-state index in [4.69, 9.17) is 4.74 Å². The van der Waals surface area contributed by atoms with E-state index in [1.165, 1.54) is 0 Å². The summed E-state index contributed by atoms with van der Waals surface area (Å²) in [5.41, 5.74) is 1.08. The number of carbonyl (C=O) groups excluding carboxylic acids is 2. The van der Waals surface area contributed by atoms with Gasteiger partial charge in [-0.05, 0) is 38.0 Å². The molecule has 4 nitrogen and oxygen atoms in total. The first kappa shape index (κ1) is 15.2. The number of hydrogen-bond acceptors (Lipinski definition) is 3. The summed E-state index contributed by atoms with van der Waals surface area (Å²) < 4.78 is 5.45. The van der Waals surface area contributed by atoms with Crippen LogP contribution in [0, 0.1) is 5.92 Å². The van der Waals surface area contributed by atoms with Gasteiger partial charge in [0.05, 0.1) is 12.3 Å². The molecule has 0 aliphatic heterocycles. The molecule has 104 valence electrons. The van der Waals surface area contributed by atoms with Crippen molar-refractivity contribution >= 4 is 17.9 Å². The van der Waals surface area contributed by atoms with Crippen LogP contribution in [0.1, 0.15) is 44.0 Å². The maximum absolute atomic E-state index is 12.1. The van der Waals surface area contributed by atoms with E-state index in [-0.39, 0.29) is 11.8 Å². The first-order valence-corrected chi connectivity index (χ1v) is 6.69. The van der Waals surface area contributed by atoms with Crippen molar-refractivity contribution < 1.29 is 14.3 Å². The zero-order chi connectivity index (χ0) is 14.3. The summed E-state index contributed by atoms with van der Waals surface area (Å²) in [7, 11) is 0. The summed E-state index contributed by atoms with van der Waals surface area (Å²) in [4.78, 5) is 22.9. The van der Waals surface area contributed by atoms with Crippen molar-refractivity contribution in [3.8, 4) is 5.75 Å². The van der Waals surface area contributed by atoms with Gasteiger partial charge in [-0.15, -0.1) is 0 Å². The Hall–Kier alpha value is -1.84. The molecule has 0 aliphatic carbocycles. The van der Waals surface area contributed by atoms with Gasteiger partial charge < -0.3 is 10.1 Å². The second-order valence-corrected chi connectivity index (χ2v) is 4.31. The highest BCUT2D eigenvalue weighted by molar-refractivity contribution is 5.95. The van der Waals surface area contributed by atoms with E-state index < -0.39 is 0 Å². The quantitative estimate of drug-likeness (QED) is 0.768. The largest absolute Gasteiger partial charge is 0.492 e. The van der Waals surface area contributed by atoms with E-state index in [1.807, 2.05) is 20.8 Å². The van der Waals surface area contributed by atoms with Crippen molar-refractivity contribution in [3.05, 3.63) is 23.8 Å². The number of nitrogens with one attached hydrogen (secondary N) is 1. The number of hydrogen-bond donors (Lipinski definition) is 1. The summed E-state index contributed by atoms with van der Waals surface area (Å²) in [5.74, 6) is 0.538. The van der Waals surface area contributed by atoms with Crippen LogP contribution in [-0.2, 0) is 4.79 Å². The molecular formula is C15H21NO3. The van der Waals surface area contributed by atoms with Crippen LogP contribution in [0.25, 0.3) is 0 Å². The fourth-order valence-corrected chi connectivity index (χ4v) is 1.89. The first-order chi connectivity index (χ1) is 9.15. The zero-order valence-electron chi connectivity index (χ0n) is 11.7. The van der Waals surface area contributed by atoms with Crippen LogP contribution >= 0.6 is 0 Å². The van der Waals surface area contributed by atoms with Crippen LogP contribution in [0.15, 0.2) is 18.2 Å². The highest BCUT2D eigenvalue weighted by atomic mass is 16.5. The number of benzene rings is 1. The van der Waals surface area contributed by atoms with Crippen molar-refractivity contribution in [2.24, 2.45) is 5.92 Å². The summed E-state index contributed by atoms with van der Waals surface area (Å²) in [6, 6.07) is 5.01. The van der Waals surface area contributed by atoms with Crippen molar-refractivity contribution in [2.45, 2.75) is 33.6 Å². The molecule has 0 saturated carbocycles. The van der Waals surface area contributed by atoms with Gasteiger partial charge in [-0.2, -0.15) is 0 Å². The summed E-state index contributed by atoms with van der Waals surface area (Å²) in [6.07, 6.45) is 2.34. The lowest BCUT2D eigenvalue weighted by atomic mass is 10.0. The highest BCUT2D eigenvalue weighted by Gasteiger charge is 2.16. The molecule has 0 radical (unpaired) electrons. The van der Waals surface area contributed by atoms with Crippen LogP contribution in [0.2, 0.25) is 0 Å². The molecule has 0 heterocycles. The van der Waals surface area contributed by atoms with Gasteiger partial charge in [0, 0.05) is 11.5 Å². The third-order valence-corrected chi connectivity index (χ3v) is 3.05. The lowest BCUT2D eigenvalue weighted by Crippen LogP contribution is -2.22. The Morgan fingerprint density at radius 1 is 1.32 bits per heavy atom. The molecule has 4 heteroatoms. The maximum atomic E-state index is 12.1. The maximum Gasteiger partial charge on any atom is 0.227 e. The fourth-order valence-electron chi connectivity index (χ4n) is 1.89. The van der Waals surface area contributed by atoms with E-state index in [2.05, 4.69) is 5.32 Å². The molecule has 1 aromatic carbocycles. The van der Waals surface area contributed by atoms with Crippen LogP contribution in [0.4, 0.5) is 5.69 Å². The van der Waals surface area contributed by atoms with Crippen LogP contribution < -0.4 is 10.1 Å². The molecule has 0 aromatic heterocycles. The number of ether oxygens (including phenoxy) is 1. The van der Waals surface area contributed by atoms with Crippen LogP contribution in [-0.4, -0.2) is 18.8 Å². The van der Waals surface area contributed by atoms with E-state index in [0.29, 0.717) is 23.6 Å². The number of aldehydes is 1. The predicted molar refractivity (Wildman–Crippen MR) is 75.7 cm³/mol. The molecule has 0 unspecified atom stereocenters. The first-order valence-electron chi connectivity index (χ1n) is 6.69. The summed E-state index contributed by atoms with van der Waals surface area (Å²) >= 11 is 0. The standard InChI is InChI=1S/C15H21NO3/c1-4-12(5-2)15(18)16-13-9-11(10-17)7-8-14(13)19-6-3/h7-10,12H,4-6H2,1-3H3,(H,16,18).